The molecule has 1 amide bonds. The Labute approximate surface area is 165 Å². The number of rotatable bonds is 5. The van der Waals surface area contributed by atoms with Gasteiger partial charge in [-0.05, 0) is 11.1 Å². The van der Waals surface area contributed by atoms with Crippen LogP contribution in [0.3, 0.4) is 0 Å². The zero-order valence-corrected chi connectivity index (χ0v) is 15.8. The van der Waals surface area contributed by atoms with E-state index in [1.165, 1.54) is 11.1 Å². The van der Waals surface area contributed by atoms with E-state index in [1.54, 1.807) is 18.6 Å². The fraction of sp³-hybridized carbons (Fsp3) is 0.261. The van der Waals surface area contributed by atoms with Crippen molar-refractivity contribution >= 4 is 11.7 Å². The predicted molar refractivity (Wildman–Crippen MR) is 110 cm³/mol. The molecule has 1 aliphatic heterocycles. The molecule has 0 atom stereocenters. The van der Waals surface area contributed by atoms with Gasteiger partial charge in [0.15, 0.2) is 0 Å². The second-order valence-electron chi connectivity index (χ2n) is 7.01. The highest BCUT2D eigenvalue weighted by molar-refractivity contribution is 5.78. The lowest BCUT2D eigenvalue weighted by atomic mass is 9.88. The minimum absolute atomic E-state index is 0.0768. The van der Waals surface area contributed by atoms with Crippen LogP contribution < -0.4 is 4.90 Å². The minimum Gasteiger partial charge on any atom is -0.352 e. The topological polar surface area (TPSA) is 49.3 Å². The Morgan fingerprint density at radius 3 is 2.00 bits per heavy atom. The van der Waals surface area contributed by atoms with Gasteiger partial charge in [0.05, 0.1) is 6.20 Å². The van der Waals surface area contributed by atoms with Crippen LogP contribution in [-0.4, -0.2) is 47.0 Å². The van der Waals surface area contributed by atoms with Crippen molar-refractivity contribution in [3.63, 3.8) is 0 Å². The molecule has 0 spiro atoms. The van der Waals surface area contributed by atoms with E-state index in [1.807, 2.05) is 41.3 Å². The third-order valence-corrected chi connectivity index (χ3v) is 5.29. The first-order chi connectivity index (χ1) is 13.8. The van der Waals surface area contributed by atoms with E-state index in [4.69, 9.17) is 0 Å². The number of anilines is 1. The van der Waals surface area contributed by atoms with Crippen LogP contribution in [0, 0.1) is 0 Å². The third-order valence-electron chi connectivity index (χ3n) is 5.29. The van der Waals surface area contributed by atoms with Crippen LogP contribution in [0.2, 0.25) is 0 Å². The molecule has 0 radical (unpaired) electrons. The quantitative estimate of drug-likeness (QED) is 0.689. The predicted octanol–water partition coefficient (Wildman–Crippen LogP) is 3.35. The lowest BCUT2D eigenvalue weighted by molar-refractivity contribution is -0.131. The number of carbonyl (C=O) groups is 1. The normalized spacial score (nSPS) is 14.3. The molecule has 1 aromatic heterocycles. The fourth-order valence-corrected chi connectivity index (χ4v) is 3.74. The molecule has 1 aliphatic rings. The first-order valence-corrected chi connectivity index (χ1v) is 9.70. The molecule has 1 fully saturated rings. The Kier molecular flexibility index (Phi) is 5.61. The molecule has 3 aromatic rings. The molecule has 0 saturated carbocycles. The second kappa shape index (κ2) is 8.65. The Morgan fingerprint density at radius 2 is 1.46 bits per heavy atom. The van der Waals surface area contributed by atoms with Crippen molar-refractivity contribution in [2.24, 2.45) is 0 Å². The second-order valence-corrected chi connectivity index (χ2v) is 7.01. The largest absolute Gasteiger partial charge is 0.352 e. The van der Waals surface area contributed by atoms with Crippen LogP contribution in [0.4, 0.5) is 5.82 Å². The molecular weight excluding hydrogens is 348 g/mol. The molecule has 1 saturated heterocycles. The summed E-state index contributed by atoms with van der Waals surface area (Å²) in [6, 6.07) is 20.6. The Morgan fingerprint density at radius 1 is 0.857 bits per heavy atom. The number of carbonyl (C=O) groups excluding carboxylic acids is 1. The van der Waals surface area contributed by atoms with Crippen LogP contribution in [0.25, 0.3) is 0 Å². The van der Waals surface area contributed by atoms with E-state index in [9.17, 15) is 4.79 Å². The first-order valence-electron chi connectivity index (χ1n) is 9.70. The minimum atomic E-state index is 0.0768. The summed E-state index contributed by atoms with van der Waals surface area (Å²) in [5.41, 5.74) is 2.36. The van der Waals surface area contributed by atoms with Crippen LogP contribution >= 0.6 is 0 Å². The molecule has 0 N–H and O–H groups in total. The summed E-state index contributed by atoms with van der Waals surface area (Å²) in [5.74, 6) is 1.16. The van der Waals surface area contributed by atoms with E-state index >= 15 is 0 Å². The number of hydrogen-bond donors (Lipinski definition) is 0. The molecule has 4 rings (SSSR count). The number of hydrogen-bond acceptors (Lipinski definition) is 4. The van der Waals surface area contributed by atoms with Crippen molar-refractivity contribution in [1.82, 2.24) is 14.9 Å². The molecule has 2 aromatic carbocycles. The molecule has 0 bridgehead atoms. The van der Waals surface area contributed by atoms with Gasteiger partial charge in [-0.3, -0.25) is 9.78 Å². The first kappa shape index (κ1) is 18.2. The van der Waals surface area contributed by atoms with Gasteiger partial charge in [0.25, 0.3) is 0 Å². The average molecular weight is 372 g/mol. The number of nitrogens with zero attached hydrogens (tertiary/aromatic N) is 4. The highest BCUT2D eigenvalue weighted by Crippen LogP contribution is 2.28. The van der Waals surface area contributed by atoms with E-state index in [0.29, 0.717) is 19.5 Å². The summed E-state index contributed by atoms with van der Waals surface area (Å²) < 4.78 is 0. The number of aromatic nitrogens is 2. The zero-order chi connectivity index (χ0) is 19.2. The highest BCUT2D eigenvalue weighted by atomic mass is 16.2. The molecule has 0 unspecified atom stereocenters. The maximum Gasteiger partial charge on any atom is 0.223 e. The van der Waals surface area contributed by atoms with Gasteiger partial charge in [-0.15, -0.1) is 0 Å². The molecule has 28 heavy (non-hydrogen) atoms. The van der Waals surface area contributed by atoms with Gasteiger partial charge >= 0.3 is 0 Å². The zero-order valence-electron chi connectivity index (χ0n) is 15.8. The van der Waals surface area contributed by atoms with Crippen molar-refractivity contribution in [2.75, 3.05) is 31.1 Å². The van der Waals surface area contributed by atoms with Gasteiger partial charge in [0.1, 0.15) is 5.82 Å². The van der Waals surface area contributed by atoms with Crippen molar-refractivity contribution < 1.29 is 4.79 Å². The van der Waals surface area contributed by atoms with Gasteiger partial charge < -0.3 is 9.80 Å². The van der Waals surface area contributed by atoms with Gasteiger partial charge in [-0.2, -0.15) is 0 Å². The van der Waals surface area contributed by atoms with E-state index in [-0.39, 0.29) is 11.8 Å². The Balaban J connectivity index is 1.44. The van der Waals surface area contributed by atoms with Crippen molar-refractivity contribution in [1.29, 1.82) is 0 Å². The lowest BCUT2D eigenvalue weighted by Crippen LogP contribution is -2.49. The van der Waals surface area contributed by atoms with E-state index in [0.717, 1.165) is 18.9 Å². The Hall–Kier alpha value is -3.21. The lowest BCUT2D eigenvalue weighted by Gasteiger charge is -2.36. The van der Waals surface area contributed by atoms with Crippen molar-refractivity contribution in [3.8, 4) is 0 Å². The molecular formula is C23H24N4O. The molecule has 142 valence electrons. The van der Waals surface area contributed by atoms with Gasteiger partial charge in [-0.25, -0.2) is 4.98 Å². The molecule has 0 aliphatic carbocycles. The van der Waals surface area contributed by atoms with Gasteiger partial charge in [-0.1, -0.05) is 60.7 Å². The van der Waals surface area contributed by atoms with Crippen LogP contribution in [-0.2, 0) is 4.79 Å². The van der Waals surface area contributed by atoms with Crippen molar-refractivity contribution in [3.05, 3.63) is 90.4 Å². The van der Waals surface area contributed by atoms with Crippen molar-refractivity contribution in [2.45, 2.75) is 12.3 Å². The summed E-state index contributed by atoms with van der Waals surface area (Å²) in [4.78, 5) is 25.7. The Bertz CT molecular complexity index is 839. The summed E-state index contributed by atoms with van der Waals surface area (Å²) >= 11 is 0. The van der Waals surface area contributed by atoms with Crippen LogP contribution in [0.5, 0.6) is 0 Å². The number of amides is 1. The molecule has 2 heterocycles. The molecule has 5 heteroatoms. The summed E-state index contributed by atoms with van der Waals surface area (Å²) in [5, 5.41) is 0. The standard InChI is InChI=1S/C23H24N4O/c28-23(27-15-13-26(14-16-27)22-18-24-11-12-25-22)17-21(19-7-3-1-4-8-19)20-9-5-2-6-10-20/h1-12,18,21H,13-17H2. The number of benzene rings is 2. The van der Waals surface area contributed by atoms with E-state index < -0.39 is 0 Å². The van der Waals surface area contributed by atoms with Crippen LogP contribution in [0.15, 0.2) is 79.3 Å². The number of piperazine rings is 1. The van der Waals surface area contributed by atoms with Gasteiger partial charge in [0, 0.05) is 50.9 Å². The summed E-state index contributed by atoms with van der Waals surface area (Å²) in [6.07, 6.45) is 5.64. The monoisotopic (exact) mass is 372 g/mol. The van der Waals surface area contributed by atoms with E-state index in [2.05, 4.69) is 39.1 Å². The maximum absolute atomic E-state index is 13.1. The average Bonchev–Trinajstić information content (AvgIpc) is 2.79. The SMILES string of the molecule is O=C(CC(c1ccccc1)c1ccccc1)N1CCN(c2cnccn2)CC1. The molecule has 5 nitrogen and oxygen atoms in total. The highest BCUT2D eigenvalue weighted by Gasteiger charge is 2.25. The maximum atomic E-state index is 13.1. The fourth-order valence-electron chi connectivity index (χ4n) is 3.74. The summed E-state index contributed by atoms with van der Waals surface area (Å²) in [6.45, 7) is 3.00. The van der Waals surface area contributed by atoms with Crippen LogP contribution in [0.1, 0.15) is 23.5 Å². The third kappa shape index (κ3) is 4.19. The van der Waals surface area contributed by atoms with Gasteiger partial charge in [0.2, 0.25) is 5.91 Å². The summed E-state index contributed by atoms with van der Waals surface area (Å²) in [7, 11) is 0. The smallest absolute Gasteiger partial charge is 0.223 e.